The Kier molecular flexibility index (Phi) is 2.30. The lowest BCUT2D eigenvalue weighted by Gasteiger charge is -2.10. The molecule has 21 heavy (non-hydrogen) atoms. The predicted molar refractivity (Wildman–Crippen MR) is 81.2 cm³/mol. The minimum atomic E-state index is -0.268. The quantitative estimate of drug-likeness (QED) is 0.462. The van der Waals surface area contributed by atoms with Crippen molar-refractivity contribution in [2.24, 2.45) is 0 Å². The molecule has 0 N–H and O–H groups in total. The zero-order valence-corrected chi connectivity index (χ0v) is 10.9. The molecule has 0 aliphatic rings. The van der Waals surface area contributed by atoms with Gasteiger partial charge in [-0.3, -0.25) is 9.20 Å². The molecule has 4 rings (SSSR count). The summed E-state index contributed by atoms with van der Waals surface area (Å²) in [6, 6.07) is 17.0. The summed E-state index contributed by atoms with van der Waals surface area (Å²) in [6.07, 6.45) is 1.65. The van der Waals surface area contributed by atoms with E-state index >= 15 is 0 Å². The summed E-state index contributed by atoms with van der Waals surface area (Å²) in [5.41, 5.74) is 1.98. The summed E-state index contributed by atoms with van der Waals surface area (Å²) in [6.45, 7) is 0. The molecule has 98 valence electrons. The molecule has 0 unspecified atom stereocenters. The highest BCUT2D eigenvalue weighted by molar-refractivity contribution is 5.91. The van der Waals surface area contributed by atoms with Crippen LogP contribution in [0.15, 0.2) is 59.5 Å². The molecule has 0 saturated carbocycles. The predicted octanol–water partition coefficient (Wildman–Crippen LogP) is 2.87. The SMILES string of the molecule is N#Cc1c(=O)c2cccnc2n2c1ccc1ccccc12. The Labute approximate surface area is 119 Å². The van der Waals surface area contributed by atoms with Crippen molar-refractivity contribution in [3.63, 3.8) is 0 Å². The van der Waals surface area contributed by atoms with Gasteiger partial charge in [-0.15, -0.1) is 0 Å². The summed E-state index contributed by atoms with van der Waals surface area (Å²) >= 11 is 0. The number of hydrogen-bond donors (Lipinski definition) is 0. The maximum atomic E-state index is 12.4. The van der Waals surface area contributed by atoms with Crippen LogP contribution in [0.25, 0.3) is 27.5 Å². The third-order valence-electron chi connectivity index (χ3n) is 3.68. The second-order valence-corrected chi connectivity index (χ2v) is 4.80. The lowest BCUT2D eigenvalue weighted by Crippen LogP contribution is -2.12. The largest absolute Gasteiger partial charge is 0.292 e. The molecule has 3 aromatic heterocycles. The maximum Gasteiger partial charge on any atom is 0.209 e. The number of aromatic nitrogens is 2. The van der Waals surface area contributed by atoms with E-state index < -0.39 is 0 Å². The molecule has 0 aliphatic heterocycles. The summed E-state index contributed by atoms with van der Waals surface area (Å²) in [7, 11) is 0. The van der Waals surface area contributed by atoms with Gasteiger partial charge < -0.3 is 0 Å². The van der Waals surface area contributed by atoms with Gasteiger partial charge in [0, 0.05) is 6.20 Å². The molecule has 4 aromatic rings. The smallest absolute Gasteiger partial charge is 0.209 e. The first-order valence-electron chi connectivity index (χ1n) is 6.52. The number of nitrogens with zero attached hydrogens (tertiary/aromatic N) is 3. The second kappa shape index (κ2) is 4.15. The standard InChI is InChI=1S/C17H9N3O/c18-10-13-15-8-7-11-4-1-2-6-14(11)20(15)17-12(16(13)21)5-3-9-19-17/h1-9H. The van der Waals surface area contributed by atoms with Crippen molar-refractivity contribution in [3.8, 4) is 6.07 Å². The molecule has 0 spiro atoms. The van der Waals surface area contributed by atoms with E-state index in [4.69, 9.17) is 0 Å². The van der Waals surface area contributed by atoms with Crippen LogP contribution >= 0.6 is 0 Å². The molecule has 0 radical (unpaired) electrons. The molecule has 0 aliphatic carbocycles. The molecule has 4 nitrogen and oxygen atoms in total. The lowest BCUT2D eigenvalue weighted by molar-refractivity contribution is 1.21. The average molecular weight is 271 g/mol. The minimum absolute atomic E-state index is 0.154. The Morgan fingerprint density at radius 3 is 2.71 bits per heavy atom. The minimum Gasteiger partial charge on any atom is -0.292 e. The molecule has 0 bridgehead atoms. The van der Waals surface area contributed by atoms with Crippen molar-refractivity contribution in [3.05, 3.63) is 70.5 Å². The van der Waals surface area contributed by atoms with E-state index in [1.165, 1.54) is 0 Å². The monoisotopic (exact) mass is 271 g/mol. The lowest BCUT2D eigenvalue weighted by atomic mass is 10.1. The summed E-state index contributed by atoms with van der Waals surface area (Å²) in [5, 5.41) is 10.9. The van der Waals surface area contributed by atoms with Crippen LogP contribution < -0.4 is 5.43 Å². The summed E-state index contributed by atoms with van der Waals surface area (Å²) < 4.78 is 1.88. The second-order valence-electron chi connectivity index (χ2n) is 4.80. The highest BCUT2D eigenvalue weighted by Gasteiger charge is 2.13. The van der Waals surface area contributed by atoms with Crippen molar-refractivity contribution in [1.82, 2.24) is 9.38 Å². The van der Waals surface area contributed by atoms with E-state index in [1.54, 1.807) is 24.4 Å². The van der Waals surface area contributed by atoms with E-state index in [0.717, 1.165) is 10.9 Å². The van der Waals surface area contributed by atoms with Crippen LogP contribution in [0.5, 0.6) is 0 Å². The zero-order valence-electron chi connectivity index (χ0n) is 10.9. The summed E-state index contributed by atoms with van der Waals surface area (Å²) in [5.74, 6) is 0. The third-order valence-corrected chi connectivity index (χ3v) is 3.68. The molecule has 0 saturated heterocycles. The Bertz CT molecular complexity index is 1120. The van der Waals surface area contributed by atoms with Gasteiger partial charge >= 0.3 is 0 Å². The van der Waals surface area contributed by atoms with Gasteiger partial charge in [0.25, 0.3) is 0 Å². The molecule has 0 atom stereocenters. The van der Waals surface area contributed by atoms with Gasteiger partial charge in [-0.1, -0.05) is 24.3 Å². The fourth-order valence-electron chi connectivity index (χ4n) is 2.74. The van der Waals surface area contributed by atoms with Crippen molar-refractivity contribution in [1.29, 1.82) is 5.26 Å². The van der Waals surface area contributed by atoms with Gasteiger partial charge in [-0.25, -0.2) is 4.98 Å². The van der Waals surface area contributed by atoms with Gasteiger partial charge in [-0.05, 0) is 29.7 Å². The van der Waals surface area contributed by atoms with Crippen LogP contribution in [0.4, 0.5) is 0 Å². The molecule has 0 amide bonds. The van der Waals surface area contributed by atoms with Crippen LogP contribution in [0, 0.1) is 11.3 Å². The van der Waals surface area contributed by atoms with E-state index in [2.05, 4.69) is 4.98 Å². The van der Waals surface area contributed by atoms with Crippen molar-refractivity contribution < 1.29 is 0 Å². The number of hydrogen-bond acceptors (Lipinski definition) is 3. The zero-order chi connectivity index (χ0) is 14.4. The van der Waals surface area contributed by atoms with E-state index in [-0.39, 0.29) is 11.0 Å². The van der Waals surface area contributed by atoms with Gasteiger partial charge in [0.15, 0.2) is 0 Å². The van der Waals surface area contributed by atoms with Crippen molar-refractivity contribution >= 4 is 27.5 Å². The Morgan fingerprint density at radius 2 is 1.86 bits per heavy atom. The van der Waals surface area contributed by atoms with Crippen LogP contribution in [-0.4, -0.2) is 9.38 Å². The van der Waals surface area contributed by atoms with Gasteiger partial charge in [-0.2, -0.15) is 5.26 Å². The molecule has 4 heteroatoms. The molecular formula is C17H9N3O. The number of rotatable bonds is 0. The number of pyridine rings is 3. The molecule has 0 fully saturated rings. The fraction of sp³-hybridized carbons (Fsp3) is 0. The van der Waals surface area contributed by atoms with Crippen LogP contribution in [-0.2, 0) is 0 Å². The van der Waals surface area contributed by atoms with E-state index in [0.29, 0.717) is 16.6 Å². The molecule has 3 heterocycles. The summed E-state index contributed by atoms with van der Waals surface area (Å²) in [4.78, 5) is 16.8. The topological polar surface area (TPSA) is 58.2 Å². The first kappa shape index (κ1) is 11.6. The number of para-hydroxylation sites is 1. The van der Waals surface area contributed by atoms with Gasteiger partial charge in [0.2, 0.25) is 5.43 Å². The third kappa shape index (κ3) is 1.49. The fourth-order valence-corrected chi connectivity index (χ4v) is 2.74. The normalized spacial score (nSPS) is 11.0. The first-order chi connectivity index (χ1) is 10.3. The Hall–Kier alpha value is -3.19. The number of fused-ring (bicyclic) bond motifs is 5. The molecule has 1 aromatic carbocycles. The van der Waals surface area contributed by atoms with Crippen molar-refractivity contribution in [2.75, 3.05) is 0 Å². The Morgan fingerprint density at radius 1 is 1.00 bits per heavy atom. The van der Waals surface area contributed by atoms with Crippen LogP contribution in [0.2, 0.25) is 0 Å². The maximum absolute atomic E-state index is 12.4. The van der Waals surface area contributed by atoms with Gasteiger partial charge in [0.1, 0.15) is 17.3 Å². The Balaban J connectivity index is 2.47. The average Bonchev–Trinajstić information content (AvgIpc) is 2.55. The van der Waals surface area contributed by atoms with E-state index in [9.17, 15) is 10.1 Å². The van der Waals surface area contributed by atoms with Crippen LogP contribution in [0.1, 0.15) is 5.56 Å². The highest BCUT2D eigenvalue weighted by Crippen LogP contribution is 2.22. The number of benzene rings is 1. The highest BCUT2D eigenvalue weighted by atomic mass is 16.1. The van der Waals surface area contributed by atoms with Crippen LogP contribution in [0.3, 0.4) is 0 Å². The van der Waals surface area contributed by atoms with E-state index in [1.807, 2.05) is 40.8 Å². The number of nitriles is 1. The molecular weight excluding hydrogens is 262 g/mol. The van der Waals surface area contributed by atoms with Crippen molar-refractivity contribution in [2.45, 2.75) is 0 Å². The first-order valence-corrected chi connectivity index (χ1v) is 6.52. The van der Waals surface area contributed by atoms with Gasteiger partial charge in [0.05, 0.1) is 16.4 Å².